The summed E-state index contributed by atoms with van der Waals surface area (Å²) < 4.78 is 5.19. The minimum Gasteiger partial charge on any atom is -0.481 e. The second-order valence-corrected chi connectivity index (χ2v) is 5.41. The summed E-state index contributed by atoms with van der Waals surface area (Å²) in [4.78, 5) is 22.0. The van der Waals surface area contributed by atoms with Crippen molar-refractivity contribution in [3.05, 3.63) is 33.3 Å². The van der Waals surface area contributed by atoms with Crippen molar-refractivity contribution >= 4 is 28.9 Å². The zero-order valence-electron chi connectivity index (χ0n) is 11.2. The number of hydrogen-bond donors (Lipinski definition) is 2. The van der Waals surface area contributed by atoms with Gasteiger partial charge in [0.15, 0.2) is 0 Å². The molecule has 8 heteroatoms. The van der Waals surface area contributed by atoms with Crippen LogP contribution in [0.25, 0.3) is 0 Å². The number of nitro groups is 1. The van der Waals surface area contributed by atoms with Gasteiger partial charge in [0.25, 0.3) is 5.69 Å². The maximum absolute atomic E-state index is 11.5. The lowest BCUT2D eigenvalue weighted by Crippen LogP contribution is -2.42. The molecular formula is C13H15ClN2O5. The Balaban J connectivity index is 2.19. The lowest BCUT2D eigenvalue weighted by atomic mass is 9.80. The number of nitrogens with zero attached hydrogens (tertiary/aromatic N) is 1. The van der Waals surface area contributed by atoms with Gasteiger partial charge in [-0.1, -0.05) is 11.6 Å². The van der Waals surface area contributed by atoms with Crippen LogP contribution in [0.3, 0.4) is 0 Å². The monoisotopic (exact) mass is 314 g/mol. The van der Waals surface area contributed by atoms with E-state index in [4.69, 9.17) is 16.3 Å². The van der Waals surface area contributed by atoms with E-state index in [2.05, 4.69) is 5.32 Å². The summed E-state index contributed by atoms with van der Waals surface area (Å²) in [7, 11) is 0. The van der Waals surface area contributed by atoms with Crippen LogP contribution < -0.4 is 5.32 Å². The lowest BCUT2D eigenvalue weighted by molar-refractivity contribution is -0.384. The van der Waals surface area contributed by atoms with E-state index < -0.39 is 16.3 Å². The lowest BCUT2D eigenvalue weighted by Gasteiger charge is -2.33. The van der Waals surface area contributed by atoms with Crippen LogP contribution in [0.1, 0.15) is 12.8 Å². The Bertz CT molecular complexity index is 557. The predicted molar refractivity (Wildman–Crippen MR) is 76.7 cm³/mol. The molecule has 0 atom stereocenters. The number of ether oxygens (including phenoxy) is 1. The summed E-state index contributed by atoms with van der Waals surface area (Å²) in [6.45, 7) is 0.824. The molecule has 0 amide bonds. The van der Waals surface area contributed by atoms with Crippen molar-refractivity contribution in [2.75, 3.05) is 25.1 Å². The van der Waals surface area contributed by atoms with Crippen LogP contribution in [0.5, 0.6) is 0 Å². The fourth-order valence-corrected chi connectivity index (χ4v) is 2.47. The second-order valence-electron chi connectivity index (χ2n) is 4.97. The zero-order valence-corrected chi connectivity index (χ0v) is 11.9. The van der Waals surface area contributed by atoms with Gasteiger partial charge in [0, 0.05) is 30.8 Å². The van der Waals surface area contributed by atoms with Crippen LogP contribution >= 0.6 is 11.6 Å². The Morgan fingerprint density at radius 3 is 2.71 bits per heavy atom. The molecule has 1 aliphatic rings. The van der Waals surface area contributed by atoms with E-state index in [1.807, 2.05) is 0 Å². The van der Waals surface area contributed by atoms with Gasteiger partial charge in [-0.25, -0.2) is 0 Å². The molecule has 1 aromatic carbocycles. The Morgan fingerprint density at radius 1 is 1.48 bits per heavy atom. The first kappa shape index (κ1) is 15.5. The molecule has 1 fully saturated rings. The smallest absolute Gasteiger partial charge is 0.311 e. The quantitative estimate of drug-likeness (QED) is 0.639. The van der Waals surface area contributed by atoms with Gasteiger partial charge in [0.2, 0.25) is 0 Å². The van der Waals surface area contributed by atoms with Gasteiger partial charge in [0.1, 0.15) is 5.69 Å². The number of carbonyl (C=O) groups is 1. The molecule has 1 heterocycles. The van der Waals surface area contributed by atoms with Crippen LogP contribution in [0.4, 0.5) is 11.4 Å². The largest absolute Gasteiger partial charge is 0.481 e. The highest BCUT2D eigenvalue weighted by Crippen LogP contribution is 2.33. The van der Waals surface area contributed by atoms with Crippen molar-refractivity contribution in [1.29, 1.82) is 0 Å². The topological polar surface area (TPSA) is 102 Å². The van der Waals surface area contributed by atoms with Crippen molar-refractivity contribution in [2.24, 2.45) is 5.41 Å². The van der Waals surface area contributed by atoms with E-state index in [9.17, 15) is 20.0 Å². The van der Waals surface area contributed by atoms with Gasteiger partial charge in [-0.3, -0.25) is 14.9 Å². The number of nitrogens with one attached hydrogen (secondary N) is 1. The fraction of sp³-hybridized carbons (Fsp3) is 0.462. The number of nitro benzene ring substituents is 1. The normalized spacial score (nSPS) is 17.2. The summed E-state index contributed by atoms with van der Waals surface area (Å²) in [6.07, 6.45) is 0.730. The molecule has 1 saturated heterocycles. The van der Waals surface area contributed by atoms with Gasteiger partial charge in [-0.15, -0.1) is 0 Å². The van der Waals surface area contributed by atoms with Crippen LogP contribution in [-0.4, -0.2) is 35.8 Å². The summed E-state index contributed by atoms with van der Waals surface area (Å²) >= 11 is 5.84. The average molecular weight is 315 g/mol. The predicted octanol–water partition coefficient (Wildman–Crippen LogP) is 2.54. The maximum atomic E-state index is 11.5. The van der Waals surface area contributed by atoms with E-state index >= 15 is 0 Å². The SMILES string of the molecule is O=C(O)C1(CNc2cc(Cl)ccc2[N+](=O)[O-])CCOCC1. The molecule has 0 aliphatic carbocycles. The molecular weight excluding hydrogens is 300 g/mol. The standard InChI is InChI=1S/C13H15ClN2O5/c14-9-1-2-11(16(19)20)10(7-9)15-8-13(12(17)18)3-5-21-6-4-13/h1-2,7,15H,3-6,8H2,(H,17,18). The number of anilines is 1. The molecule has 0 bridgehead atoms. The van der Waals surface area contributed by atoms with E-state index in [0.717, 1.165) is 0 Å². The molecule has 0 saturated carbocycles. The number of carboxylic acid groups (broad SMARTS) is 1. The first-order chi connectivity index (χ1) is 9.94. The average Bonchev–Trinajstić information content (AvgIpc) is 2.45. The van der Waals surface area contributed by atoms with Gasteiger partial charge < -0.3 is 15.2 Å². The number of halogens is 1. The third-order valence-electron chi connectivity index (χ3n) is 3.68. The Morgan fingerprint density at radius 2 is 2.14 bits per heavy atom. The Kier molecular flexibility index (Phi) is 4.64. The molecule has 2 rings (SSSR count). The van der Waals surface area contributed by atoms with E-state index in [-0.39, 0.29) is 17.9 Å². The third kappa shape index (κ3) is 3.43. The van der Waals surface area contributed by atoms with Crippen molar-refractivity contribution in [3.63, 3.8) is 0 Å². The molecule has 0 unspecified atom stereocenters. The minimum absolute atomic E-state index is 0.0902. The molecule has 1 aliphatic heterocycles. The maximum Gasteiger partial charge on any atom is 0.311 e. The van der Waals surface area contributed by atoms with Crippen LogP contribution in [0, 0.1) is 15.5 Å². The summed E-state index contributed by atoms with van der Waals surface area (Å²) in [5.74, 6) is -0.928. The van der Waals surface area contributed by atoms with Crippen molar-refractivity contribution in [2.45, 2.75) is 12.8 Å². The van der Waals surface area contributed by atoms with E-state index in [1.165, 1.54) is 18.2 Å². The summed E-state index contributed by atoms with van der Waals surface area (Å²) in [6, 6.07) is 4.14. The molecule has 1 aromatic rings. The molecule has 0 spiro atoms. The van der Waals surface area contributed by atoms with Crippen LogP contribution in [0.15, 0.2) is 18.2 Å². The first-order valence-corrected chi connectivity index (χ1v) is 6.81. The molecule has 2 N–H and O–H groups in total. The number of rotatable bonds is 5. The van der Waals surface area contributed by atoms with Gasteiger partial charge in [-0.2, -0.15) is 0 Å². The highest BCUT2D eigenvalue weighted by molar-refractivity contribution is 6.31. The zero-order chi connectivity index (χ0) is 15.5. The number of hydrogen-bond acceptors (Lipinski definition) is 5. The molecule has 114 valence electrons. The Hall–Kier alpha value is -1.86. The fourth-order valence-electron chi connectivity index (χ4n) is 2.30. The summed E-state index contributed by atoms with van der Waals surface area (Å²) in [5.41, 5.74) is -0.888. The minimum atomic E-state index is -0.978. The van der Waals surface area contributed by atoms with E-state index in [0.29, 0.717) is 31.1 Å². The van der Waals surface area contributed by atoms with Gasteiger partial charge >= 0.3 is 5.97 Å². The van der Waals surface area contributed by atoms with Crippen molar-refractivity contribution in [1.82, 2.24) is 0 Å². The second kappa shape index (κ2) is 6.28. The van der Waals surface area contributed by atoms with Gasteiger partial charge in [-0.05, 0) is 25.0 Å². The summed E-state index contributed by atoms with van der Waals surface area (Å²) in [5, 5.41) is 23.6. The molecule has 0 radical (unpaired) electrons. The molecule has 21 heavy (non-hydrogen) atoms. The van der Waals surface area contributed by atoms with Crippen LogP contribution in [-0.2, 0) is 9.53 Å². The van der Waals surface area contributed by atoms with Crippen LogP contribution in [0.2, 0.25) is 5.02 Å². The highest BCUT2D eigenvalue weighted by Gasteiger charge is 2.40. The number of aliphatic carboxylic acids is 1. The highest BCUT2D eigenvalue weighted by atomic mass is 35.5. The first-order valence-electron chi connectivity index (χ1n) is 6.44. The van der Waals surface area contributed by atoms with Crippen molar-refractivity contribution < 1.29 is 19.6 Å². The Labute approximate surface area is 126 Å². The number of carboxylic acids is 1. The molecule has 7 nitrogen and oxygen atoms in total. The number of benzene rings is 1. The third-order valence-corrected chi connectivity index (χ3v) is 3.91. The van der Waals surface area contributed by atoms with Gasteiger partial charge in [0.05, 0.1) is 10.3 Å². The van der Waals surface area contributed by atoms with Crippen molar-refractivity contribution in [3.8, 4) is 0 Å². The molecule has 0 aromatic heterocycles. The van der Waals surface area contributed by atoms with E-state index in [1.54, 1.807) is 0 Å².